The largest absolute Gasteiger partial charge is 0.343 e. The van der Waals surface area contributed by atoms with E-state index in [1.54, 1.807) is 0 Å². The van der Waals surface area contributed by atoms with Gasteiger partial charge in [0.2, 0.25) is 0 Å². The Hall–Kier alpha value is 1.10. The van der Waals surface area contributed by atoms with Gasteiger partial charge >= 0.3 is 0 Å². The van der Waals surface area contributed by atoms with Gasteiger partial charge in [-0.3, -0.25) is 0 Å². The fourth-order valence-electron chi connectivity index (χ4n) is 0.493. The van der Waals surface area contributed by atoms with Gasteiger partial charge in [-0.25, -0.2) is 0 Å². The van der Waals surface area contributed by atoms with Gasteiger partial charge in [-0.05, 0) is 0 Å². The Morgan fingerprint density at radius 3 is 2.12 bits per heavy atom. The molecule has 0 spiro atoms. The summed E-state index contributed by atoms with van der Waals surface area (Å²) in [5.74, 6) is 0.637. The molecule has 0 N–H and O–H groups in total. The van der Waals surface area contributed by atoms with Crippen molar-refractivity contribution in [3.8, 4) is 0 Å². The summed E-state index contributed by atoms with van der Waals surface area (Å²) in [6, 6.07) is 0. The molecular weight excluding hydrogens is 173 g/mol. The molecule has 0 saturated heterocycles. The molecule has 0 rings (SSSR count). The summed E-state index contributed by atoms with van der Waals surface area (Å²) in [5.41, 5.74) is 0. The zero-order valence-corrected chi connectivity index (χ0v) is 8.53. The Labute approximate surface area is 78.3 Å². The average Bonchev–Trinajstić information content (AvgIpc) is 1.68. The quantitative estimate of drug-likeness (QED) is 0.595. The summed E-state index contributed by atoms with van der Waals surface area (Å²) in [5, 5.41) is 0. The Morgan fingerprint density at radius 1 is 1.50 bits per heavy atom. The minimum absolute atomic E-state index is 0. The van der Waals surface area contributed by atoms with Crippen molar-refractivity contribution in [2.45, 2.75) is 26.2 Å². The molecule has 0 aromatic heterocycles. The van der Waals surface area contributed by atoms with Gasteiger partial charge in [-0.15, -0.1) is 6.42 Å². The van der Waals surface area contributed by atoms with Crippen LogP contribution in [0.15, 0.2) is 0 Å². The fourth-order valence-corrected chi connectivity index (χ4v) is 0.493. The smallest absolute Gasteiger partial charge is 0 e. The number of hydrogen-bond acceptors (Lipinski definition) is 0. The summed E-state index contributed by atoms with van der Waals surface area (Å²) < 4.78 is 0. The molecule has 0 aliphatic heterocycles. The van der Waals surface area contributed by atoms with Crippen molar-refractivity contribution < 1.29 is 32.7 Å². The predicted molar refractivity (Wildman–Crippen MR) is 33.7 cm³/mol. The van der Waals surface area contributed by atoms with Gasteiger partial charge in [0.05, 0.1) is 0 Å². The monoisotopic (exact) mass is 187 g/mol. The van der Waals surface area contributed by atoms with Crippen LogP contribution in [-0.2, 0) is 32.7 Å². The first kappa shape index (κ1) is 11.8. The van der Waals surface area contributed by atoms with Gasteiger partial charge in [0.15, 0.2) is 0 Å². The second-order valence-corrected chi connectivity index (χ2v) is 1.92. The van der Waals surface area contributed by atoms with Gasteiger partial charge in [0.1, 0.15) is 0 Å². The Balaban J connectivity index is 0. The normalized spacial score (nSPS) is 12.4. The molecule has 0 aromatic carbocycles. The zero-order valence-electron chi connectivity index (χ0n) is 5.69. The van der Waals surface area contributed by atoms with E-state index in [1.165, 1.54) is 12.8 Å². The van der Waals surface area contributed by atoms with Gasteiger partial charge in [-0.2, -0.15) is 12.3 Å². The third-order valence-electron chi connectivity index (χ3n) is 1.19. The maximum atomic E-state index is 3.91. The van der Waals surface area contributed by atoms with E-state index in [0.717, 1.165) is 6.42 Å². The van der Waals surface area contributed by atoms with Crippen LogP contribution in [0.3, 0.4) is 0 Å². The molecule has 0 fully saturated rings. The van der Waals surface area contributed by atoms with Gasteiger partial charge in [-0.1, -0.05) is 13.3 Å². The summed E-state index contributed by atoms with van der Waals surface area (Å²) in [6.45, 7) is 9.80. The first-order chi connectivity index (χ1) is 3.31. The molecule has 1 heteroatoms. The maximum absolute atomic E-state index is 3.91. The summed E-state index contributed by atoms with van der Waals surface area (Å²) in [4.78, 5) is 0. The van der Waals surface area contributed by atoms with E-state index >= 15 is 0 Å². The molecule has 0 bridgehead atoms. The molecule has 0 aliphatic rings. The van der Waals surface area contributed by atoms with Crippen LogP contribution in [-0.4, -0.2) is 0 Å². The second kappa shape index (κ2) is 8.10. The average molecular weight is 187 g/mol. The van der Waals surface area contributed by atoms with E-state index in [1.807, 2.05) is 0 Å². The number of rotatable bonds is 3. The molecule has 0 nitrogen and oxygen atoms in total. The molecule has 8 heavy (non-hydrogen) atoms. The topological polar surface area (TPSA) is 0 Å². The van der Waals surface area contributed by atoms with Gasteiger partial charge in [0, 0.05) is 32.7 Å². The van der Waals surface area contributed by atoms with Crippen LogP contribution in [0.25, 0.3) is 0 Å². The minimum atomic E-state index is 0. The van der Waals surface area contributed by atoms with Crippen molar-refractivity contribution in [1.82, 2.24) is 0 Å². The molecule has 0 amide bonds. The molecule has 1 unspecified atom stereocenters. The minimum Gasteiger partial charge on any atom is -0.343 e. The van der Waals surface area contributed by atoms with Gasteiger partial charge in [0.25, 0.3) is 0 Å². The molecule has 47 valence electrons. The summed E-state index contributed by atoms with van der Waals surface area (Å²) in [6.07, 6.45) is 3.40. The summed E-state index contributed by atoms with van der Waals surface area (Å²) >= 11 is 0. The van der Waals surface area contributed by atoms with Crippen LogP contribution in [0.1, 0.15) is 26.2 Å². The van der Waals surface area contributed by atoms with Crippen molar-refractivity contribution in [2.24, 2.45) is 5.92 Å². The van der Waals surface area contributed by atoms with Crippen LogP contribution in [0.4, 0.5) is 0 Å². The van der Waals surface area contributed by atoms with Crippen molar-refractivity contribution in [1.29, 1.82) is 0 Å². The van der Waals surface area contributed by atoms with E-state index in [4.69, 9.17) is 0 Å². The van der Waals surface area contributed by atoms with E-state index < -0.39 is 0 Å². The van der Waals surface area contributed by atoms with Crippen molar-refractivity contribution >= 4 is 0 Å². The Bertz CT molecular complexity index is 35.4. The Kier molecular flexibility index (Phi) is 12.0. The molecule has 0 saturated carbocycles. The first-order valence-electron chi connectivity index (χ1n) is 2.93. The van der Waals surface area contributed by atoms with Crippen LogP contribution in [0.5, 0.6) is 0 Å². The zero-order chi connectivity index (χ0) is 5.70. The Morgan fingerprint density at radius 2 is 2.00 bits per heavy atom. The third kappa shape index (κ3) is 7.10. The van der Waals surface area contributed by atoms with Gasteiger partial charge < -0.3 is 13.8 Å². The molecule has 1 atom stereocenters. The van der Waals surface area contributed by atoms with Crippen LogP contribution in [0.2, 0.25) is 0 Å². The van der Waals surface area contributed by atoms with E-state index in [9.17, 15) is 0 Å². The van der Waals surface area contributed by atoms with E-state index in [2.05, 4.69) is 20.8 Å². The second-order valence-electron chi connectivity index (χ2n) is 1.92. The first-order valence-corrected chi connectivity index (χ1v) is 2.93. The summed E-state index contributed by atoms with van der Waals surface area (Å²) in [7, 11) is 0. The SMILES string of the molecule is [CH2-]CCC([CH2-])CC.[Y]. The van der Waals surface area contributed by atoms with Crippen molar-refractivity contribution in [2.75, 3.05) is 0 Å². The van der Waals surface area contributed by atoms with Crippen LogP contribution < -0.4 is 0 Å². The molecule has 1 radical (unpaired) electrons. The third-order valence-corrected chi connectivity index (χ3v) is 1.19. The molecular formula is C7H14Y-2. The van der Waals surface area contributed by atoms with E-state index in [-0.39, 0.29) is 32.7 Å². The van der Waals surface area contributed by atoms with E-state index in [0.29, 0.717) is 5.92 Å². The van der Waals surface area contributed by atoms with Crippen molar-refractivity contribution in [3.05, 3.63) is 13.8 Å². The fraction of sp³-hybridized carbons (Fsp3) is 0.714. The molecule has 0 heterocycles. The maximum Gasteiger partial charge on any atom is 0 e. The predicted octanol–water partition coefficient (Wildman–Crippen LogP) is 2.46. The molecule has 0 aromatic rings. The number of hydrogen-bond donors (Lipinski definition) is 0. The van der Waals surface area contributed by atoms with Crippen LogP contribution in [0, 0.1) is 19.8 Å². The molecule has 0 aliphatic carbocycles. The van der Waals surface area contributed by atoms with Crippen LogP contribution >= 0.6 is 0 Å². The standard InChI is InChI=1S/C7H14.Y/c1-4-6-7(3)5-2;/h7H,1,3-6H2,2H3;/q-2;. The van der Waals surface area contributed by atoms with Crippen molar-refractivity contribution in [3.63, 3.8) is 0 Å².